The fraction of sp³-hybridized carbons (Fsp3) is 0.412. The molecule has 1 aromatic heterocycles. The van der Waals surface area contributed by atoms with Crippen LogP contribution < -0.4 is 10.1 Å². The molecule has 158 valence electrons. The van der Waals surface area contributed by atoms with Crippen molar-refractivity contribution in [3.8, 4) is 5.75 Å². The maximum absolute atomic E-state index is 12.6. The van der Waals surface area contributed by atoms with Gasteiger partial charge in [0, 0.05) is 12.4 Å². The molecule has 1 N–H and O–H groups in total. The van der Waals surface area contributed by atoms with Gasteiger partial charge in [-0.3, -0.25) is 19.8 Å². The van der Waals surface area contributed by atoms with E-state index in [1.165, 1.54) is 49.5 Å². The Labute approximate surface area is 164 Å². The van der Waals surface area contributed by atoms with Crippen LogP contribution in [0.1, 0.15) is 12.7 Å². The summed E-state index contributed by atoms with van der Waals surface area (Å²) in [7, 11) is 2.90. The lowest BCUT2D eigenvalue weighted by Crippen LogP contribution is -2.40. The summed E-state index contributed by atoms with van der Waals surface area (Å²) < 4.78 is 43.8. The van der Waals surface area contributed by atoms with Crippen LogP contribution in [0.25, 0.3) is 0 Å². The first-order valence-electron chi connectivity index (χ1n) is 8.42. The monoisotopic (exact) mass is 415 g/mol. The second-order valence-corrected chi connectivity index (χ2v) is 6.31. The predicted molar refractivity (Wildman–Crippen MR) is 97.5 cm³/mol. The van der Waals surface area contributed by atoms with Gasteiger partial charge >= 0.3 is 6.18 Å². The van der Waals surface area contributed by atoms with Crippen molar-refractivity contribution in [2.24, 2.45) is 0 Å². The summed E-state index contributed by atoms with van der Waals surface area (Å²) in [4.78, 5) is 28.5. The number of aromatic nitrogens is 2. The number of alkyl halides is 3. The van der Waals surface area contributed by atoms with Crippen LogP contribution >= 0.6 is 0 Å². The highest BCUT2D eigenvalue weighted by atomic mass is 19.4. The summed E-state index contributed by atoms with van der Waals surface area (Å²) >= 11 is 0. The van der Waals surface area contributed by atoms with Gasteiger partial charge in [-0.05, 0) is 26.1 Å². The molecule has 2 aromatic rings. The van der Waals surface area contributed by atoms with Crippen LogP contribution in [0.15, 0.2) is 30.6 Å². The van der Waals surface area contributed by atoms with Crippen molar-refractivity contribution >= 4 is 17.3 Å². The van der Waals surface area contributed by atoms with E-state index in [9.17, 15) is 28.1 Å². The Morgan fingerprint density at radius 3 is 2.72 bits per heavy atom. The number of rotatable bonds is 8. The van der Waals surface area contributed by atoms with Crippen LogP contribution in [0.4, 0.5) is 24.5 Å². The number of nitrogens with zero attached hydrogens (tertiary/aromatic N) is 4. The second kappa shape index (κ2) is 8.90. The number of ether oxygens (including phenoxy) is 1. The molecule has 0 saturated carbocycles. The number of nitrogens with one attached hydrogen (secondary N) is 1. The molecule has 0 aliphatic heterocycles. The number of hydrogen-bond donors (Lipinski definition) is 1. The summed E-state index contributed by atoms with van der Waals surface area (Å²) in [6, 6.07) is 3.19. The van der Waals surface area contributed by atoms with E-state index in [2.05, 4.69) is 10.3 Å². The van der Waals surface area contributed by atoms with Gasteiger partial charge in [0.25, 0.3) is 5.69 Å². The fourth-order valence-corrected chi connectivity index (χ4v) is 2.52. The van der Waals surface area contributed by atoms with Crippen LogP contribution in [0.2, 0.25) is 0 Å². The predicted octanol–water partition coefficient (Wildman–Crippen LogP) is 2.82. The molecular weight excluding hydrogens is 395 g/mol. The van der Waals surface area contributed by atoms with Crippen molar-refractivity contribution in [3.63, 3.8) is 0 Å². The number of hydrogen-bond acceptors (Lipinski definition) is 6. The van der Waals surface area contributed by atoms with Gasteiger partial charge in [0.1, 0.15) is 23.8 Å². The number of anilines is 1. The Morgan fingerprint density at radius 2 is 2.14 bits per heavy atom. The zero-order chi connectivity index (χ0) is 21.8. The first kappa shape index (κ1) is 22.1. The second-order valence-electron chi connectivity index (χ2n) is 6.31. The highest BCUT2D eigenvalue weighted by molar-refractivity contribution is 5.96. The number of methoxy groups -OCH3 is 1. The number of halogens is 3. The molecular formula is C17H20F3N5O4. The Kier molecular flexibility index (Phi) is 6.80. The minimum atomic E-state index is -4.40. The van der Waals surface area contributed by atoms with Crippen LogP contribution in [-0.2, 0) is 17.9 Å². The molecule has 0 bridgehead atoms. The normalized spacial score (nSPS) is 12.7. The van der Waals surface area contributed by atoms with E-state index in [0.717, 1.165) is 4.57 Å². The first-order chi connectivity index (χ1) is 13.5. The van der Waals surface area contributed by atoms with Gasteiger partial charge in [0.15, 0.2) is 0 Å². The van der Waals surface area contributed by atoms with Crippen LogP contribution in [0.3, 0.4) is 0 Å². The summed E-state index contributed by atoms with van der Waals surface area (Å²) in [5, 5.41) is 13.7. The van der Waals surface area contributed by atoms with Gasteiger partial charge in [-0.2, -0.15) is 13.2 Å². The lowest BCUT2D eigenvalue weighted by atomic mass is 10.2. The largest absolute Gasteiger partial charge is 0.496 e. The van der Waals surface area contributed by atoms with Gasteiger partial charge in [0.2, 0.25) is 5.91 Å². The van der Waals surface area contributed by atoms with Gasteiger partial charge in [0.05, 0.1) is 30.7 Å². The molecule has 0 aliphatic carbocycles. The van der Waals surface area contributed by atoms with Crippen molar-refractivity contribution in [2.75, 3.05) is 19.5 Å². The quantitative estimate of drug-likeness (QED) is 0.525. The summed E-state index contributed by atoms with van der Waals surface area (Å²) in [6.45, 7) is 0.318. The summed E-state index contributed by atoms with van der Waals surface area (Å²) in [5.41, 5.74) is -0.354. The lowest BCUT2D eigenvalue weighted by molar-refractivity contribution is -0.384. The minimum Gasteiger partial charge on any atom is -0.496 e. The molecule has 1 aromatic carbocycles. The summed E-state index contributed by atoms with van der Waals surface area (Å²) in [5.74, 6) is -0.161. The molecule has 0 aliphatic rings. The molecule has 0 fully saturated rings. The van der Waals surface area contributed by atoms with E-state index in [4.69, 9.17) is 4.74 Å². The molecule has 0 spiro atoms. The average molecular weight is 415 g/mol. The Balaban J connectivity index is 2.09. The van der Waals surface area contributed by atoms with Crippen molar-refractivity contribution in [2.45, 2.75) is 32.2 Å². The number of likely N-dealkylation sites (N-methyl/N-ethyl adjacent to an activating group) is 1. The van der Waals surface area contributed by atoms with Gasteiger partial charge in [-0.25, -0.2) is 4.98 Å². The first-order valence-corrected chi connectivity index (χ1v) is 8.42. The Morgan fingerprint density at radius 1 is 1.45 bits per heavy atom. The summed E-state index contributed by atoms with van der Waals surface area (Å²) in [6.07, 6.45) is -1.94. The topological polar surface area (TPSA) is 103 Å². The van der Waals surface area contributed by atoms with Gasteiger partial charge < -0.3 is 14.6 Å². The molecule has 0 radical (unpaired) electrons. The lowest BCUT2D eigenvalue weighted by Gasteiger charge is -2.24. The Hall–Kier alpha value is -3.15. The number of nitro groups is 1. The standard InChI is InChI=1S/C17H20F3N5O4/c1-11(23(2)9-15-21-6-7-24(15)10-17(18,19)20)16(26)22-13-5-4-12(29-3)8-14(13)25(27)28/h4-8,11H,9-10H2,1-3H3,(H,22,26). The molecule has 9 nitrogen and oxygen atoms in total. The molecule has 2 rings (SSSR count). The molecule has 1 unspecified atom stereocenters. The molecule has 1 atom stereocenters. The van der Waals surface area contributed by atoms with Crippen LogP contribution in [0, 0.1) is 10.1 Å². The molecule has 1 amide bonds. The number of carbonyl (C=O) groups is 1. The van der Waals surface area contributed by atoms with Crippen LogP contribution in [0.5, 0.6) is 5.75 Å². The third kappa shape index (κ3) is 5.91. The van der Waals surface area contributed by atoms with E-state index in [1.54, 1.807) is 7.05 Å². The number of imidazole rings is 1. The molecule has 29 heavy (non-hydrogen) atoms. The van der Waals surface area contributed by atoms with E-state index in [-0.39, 0.29) is 29.5 Å². The van der Waals surface area contributed by atoms with E-state index in [1.807, 2.05) is 0 Å². The average Bonchev–Trinajstić information content (AvgIpc) is 3.05. The smallest absolute Gasteiger partial charge is 0.406 e. The van der Waals surface area contributed by atoms with Crippen molar-refractivity contribution in [1.29, 1.82) is 0 Å². The molecule has 12 heteroatoms. The number of benzene rings is 1. The third-order valence-electron chi connectivity index (χ3n) is 4.24. The third-order valence-corrected chi connectivity index (χ3v) is 4.24. The molecule has 0 saturated heterocycles. The van der Waals surface area contributed by atoms with Crippen LogP contribution in [-0.4, -0.2) is 51.7 Å². The number of carbonyl (C=O) groups excluding carboxylic acids is 1. The zero-order valence-corrected chi connectivity index (χ0v) is 15.9. The van der Waals surface area contributed by atoms with E-state index < -0.39 is 29.6 Å². The maximum Gasteiger partial charge on any atom is 0.406 e. The number of nitro benzene ring substituents is 1. The fourth-order valence-electron chi connectivity index (χ4n) is 2.52. The SMILES string of the molecule is COc1ccc(NC(=O)C(C)N(C)Cc2nccn2CC(F)(F)F)c([N+](=O)[O-])c1. The minimum absolute atomic E-state index is 0.0142. The van der Waals surface area contributed by atoms with Crippen molar-refractivity contribution in [3.05, 3.63) is 46.5 Å². The van der Waals surface area contributed by atoms with Gasteiger partial charge in [-0.1, -0.05) is 0 Å². The number of amides is 1. The van der Waals surface area contributed by atoms with Crippen molar-refractivity contribution < 1.29 is 27.6 Å². The molecule has 1 heterocycles. The van der Waals surface area contributed by atoms with Crippen molar-refractivity contribution in [1.82, 2.24) is 14.5 Å². The van der Waals surface area contributed by atoms with E-state index in [0.29, 0.717) is 0 Å². The van der Waals surface area contributed by atoms with Gasteiger partial charge in [-0.15, -0.1) is 0 Å². The zero-order valence-electron chi connectivity index (χ0n) is 15.9. The van der Waals surface area contributed by atoms with E-state index >= 15 is 0 Å². The maximum atomic E-state index is 12.6. The highest BCUT2D eigenvalue weighted by Gasteiger charge is 2.29. The Bertz CT molecular complexity index is 884. The highest BCUT2D eigenvalue weighted by Crippen LogP contribution is 2.29.